The third kappa shape index (κ3) is 4.57. The molecule has 2 unspecified atom stereocenters. The largest absolute Gasteiger partial charge is 0.334 e. The van der Waals surface area contributed by atoms with Crippen molar-refractivity contribution in [2.45, 2.75) is 25.2 Å². The number of hydrogen-bond acceptors (Lipinski definition) is 3. The predicted molar refractivity (Wildman–Crippen MR) is 118 cm³/mol. The fourth-order valence-electron chi connectivity index (χ4n) is 4.12. The number of carbonyl (C=O) groups is 1. The van der Waals surface area contributed by atoms with Crippen LogP contribution in [0.4, 0.5) is 4.39 Å². The molecule has 2 aromatic rings. The summed E-state index contributed by atoms with van der Waals surface area (Å²) < 4.78 is 13.8. The summed E-state index contributed by atoms with van der Waals surface area (Å²) in [6, 6.07) is 10.1. The number of carbonyl (C=O) groups excluding carboxylic acids is 1. The van der Waals surface area contributed by atoms with Gasteiger partial charge in [0, 0.05) is 31.4 Å². The molecule has 1 aliphatic heterocycles. The molecule has 1 aromatic heterocycles. The Bertz CT molecular complexity index is 967. The Kier molecular flexibility index (Phi) is 6.95. The van der Waals surface area contributed by atoms with E-state index in [0.29, 0.717) is 31.6 Å². The highest BCUT2D eigenvalue weighted by Crippen LogP contribution is 2.37. The van der Waals surface area contributed by atoms with Gasteiger partial charge in [-0.2, -0.15) is 0 Å². The van der Waals surface area contributed by atoms with Crippen molar-refractivity contribution in [3.05, 3.63) is 102 Å². The summed E-state index contributed by atoms with van der Waals surface area (Å²) in [7, 11) is 0. The molecule has 0 spiro atoms. The lowest BCUT2D eigenvalue weighted by atomic mass is 9.84. The number of nitrogens with two attached hydrogens (primary N) is 1. The normalized spacial score (nSPS) is 15.8. The minimum Gasteiger partial charge on any atom is -0.334 e. The van der Waals surface area contributed by atoms with Crippen molar-refractivity contribution in [1.29, 1.82) is 0 Å². The molecule has 156 valence electrons. The first-order valence-corrected chi connectivity index (χ1v) is 10.1. The van der Waals surface area contributed by atoms with E-state index < -0.39 is 5.92 Å². The Morgan fingerprint density at radius 2 is 2.07 bits per heavy atom. The van der Waals surface area contributed by atoms with Crippen molar-refractivity contribution >= 4 is 5.91 Å². The Hall–Kier alpha value is -3.05. The zero-order chi connectivity index (χ0) is 21.7. The van der Waals surface area contributed by atoms with Gasteiger partial charge in [0.2, 0.25) is 5.91 Å². The van der Waals surface area contributed by atoms with Gasteiger partial charge in [0.1, 0.15) is 5.82 Å². The number of nitrogens with zero attached hydrogens (tertiary/aromatic N) is 2. The highest BCUT2D eigenvalue weighted by molar-refractivity contribution is 5.85. The minimum absolute atomic E-state index is 0.0328. The van der Waals surface area contributed by atoms with Gasteiger partial charge in [0.15, 0.2) is 0 Å². The molecule has 0 saturated carbocycles. The molecule has 1 aliphatic rings. The van der Waals surface area contributed by atoms with Crippen LogP contribution in [-0.4, -0.2) is 35.4 Å². The van der Waals surface area contributed by atoms with Crippen LogP contribution in [0, 0.1) is 5.82 Å². The van der Waals surface area contributed by atoms with Crippen LogP contribution in [0.3, 0.4) is 0 Å². The molecule has 30 heavy (non-hydrogen) atoms. The number of benzene rings is 1. The molecular weight excluding hydrogens is 377 g/mol. The average Bonchev–Trinajstić information content (AvgIpc) is 3.13. The second kappa shape index (κ2) is 9.63. The number of amides is 1. The number of allylic oxidation sites excluding steroid dienone is 2. The van der Waals surface area contributed by atoms with E-state index in [-0.39, 0.29) is 17.6 Å². The van der Waals surface area contributed by atoms with E-state index in [2.05, 4.69) is 18.1 Å². The van der Waals surface area contributed by atoms with Crippen molar-refractivity contribution in [3.8, 4) is 0 Å². The Morgan fingerprint density at radius 3 is 2.70 bits per heavy atom. The molecule has 0 aliphatic carbocycles. The number of pyridine rings is 1. The summed E-state index contributed by atoms with van der Waals surface area (Å²) in [6.07, 6.45) is 5.79. The lowest BCUT2D eigenvalue weighted by Gasteiger charge is -2.26. The smallest absolute Gasteiger partial charge is 0.230 e. The monoisotopic (exact) mass is 405 g/mol. The Balaban J connectivity index is 1.87. The number of halogens is 1. The maximum absolute atomic E-state index is 13.8. The molecule has 2 atom stereocenters. The van der Waals surface area contributed by atoms with E-state index in [4.69, 9.17) is 5.73 Å². The maximum Gasteiger partial charge on any atom is 0.230 e. The second-order valence-corrected chi connectivity index (χ2v) is 7.68. The molecule has 2 N–H and O–H groups in total. The van der Waals surface area contributed by atoms with Gasteiger partial charge in [0.25, 0.3) is 0 Å². The van der Waals surface area contributed by atoms with Gasteiger partial charge >= 0.3 is 0 Å². The molecule has 0 bridgehead atoms. The van der Waals surface area contributed by atoms with Gasteiger partial charge in [-0.05, 0) is 60.4 Å². The zero-order valence-electron chi connectivity index (χ0n) is 17.4. The van der Waals surface area contributed by atoms with Crippen LogP contribution in [0.25, 0.3) is 0 Å². The van der Waals surface area contributed by atoms with Gasteiger partial charge in [0.05, 0.1) is 5.92 Å². The summed E-state index contributed by atoms with van der Waals surface area (Å²) in [4.78, 5) is 19.5. The van der Waals surface area contributed by atoms with Crippen LogP contribution in [0.2, 0.25) is 0 Å². The van der Waals surface area contributed by atoms with E-state index >= 15 is 0 Å². The second-order valence-electron chi connectivity index (χ2n) is 7.68. The molecule has 0 saturated heterocycles. The summed E-state index contributed by atoms with van der Waals surface area (Å²) in [6.45, 7) is 11.5. The fraction of sp³-hybridized carbons (Fsp3) is 0.280. The fourth-order valence-corrected chi connectivity index (χ4v) is 4.12. The van der Waals surface area contributed by atoms with Crippen LogP contribution in [0.15, 0.2) is 84.7 Å². The standard InChI is InChI=1S/C25H28FN3O/c1-4-17(2)24(20-8-6-12-28-14-20)23-16-29(15-18(23)3)25(30)22(10-11-27)19-7-5-9-21(26)13-19/h4-9,12-14,22,24H,1-2,10-11,15-16,27H2,3H3. The topological polar surface area (TPSA) is 59.2 Å². The molecule has 0 radical (unpaired) electrons. The van der Waals surface area contributed by atoms with Crippen molar-refractivity contribution in [2.24, 2.45) is 5.73 Å². The Labute approximate surface area is 177 Å². The minimum atomic E-state index is -0.461. The van der Waals surface area contributed by atoms with E-state index in [9.17, 15) is 9.18 Å². The van der Waals surface area contributed by atoms with Crippen LogP contribution in [-0.2, 0) is 4.79 Å². The average molecular weight is 406 g/mol. The van der Waals surface area contributed by atoms with Gasteiger partial charge in [-0.1, -0.05) is 43.0 Å². The SMILES string of the molecule is C=CC(=C)C(C1=C(C)CN(C(=O)C(CCN)c2cccc(F)c2)C1)c1cccnc1. The first-order valence-electron chi connectivity index (χ1n) is 10.1. The van der Waals surface area contributed by atoms with E-state index in [1.165, 1.54) is 12.1 Å². The van der Waals surface area contributed by atoms with E-state index in [1.54, 1.807) is 24.4 Å². The van der Waals surface area contributed by atoms with Gasteiger partial charge in [-0.15, -0.1) is 0 Å². The van der Waals surface area contributed by atoms with E-state index in [1.807, 2.05) is 30.2 Å². The lowest BCUT2D eigenvalue weighted by molar-refractivity contribution is -0.131. The van der Waals surface area contributed by atoms with Gasteiger partial charge in [-0.3, -0.25) is 9.78 Å². The van der Waals surface area contributed by atoms with E-state index in [0.717, 1.165) is 22.3 Å². The first-order chi connectivity index (χ1) is 14.5. The summed E-state index contributed by atoms with van der Waals surface area (Å²) in [5.74, 6) is -0.916. The summed E-state index contributed by atoms with van der Waals surface area (Å²) in [5, 5.41) is 0. The molecular formula is C25H28FN3O. The molecule has 2 heterocycles. The van der Waals surface area contributed by atoms with Crippen LogP contribution in [0.5, 0.6) is 0 Å². The third-order valence-electron chi connectivity index (χ3n) is 5.65. The maximum atomic E-state index is 13.8. The first kappa shape index (κ1) is 21.7. The van der Waals surface area contributed by atoms with Crippen LogP contribution in [0.1, 0.15) is 36.3 Å². The van der Waals surface area contributed by atoms with Crippen molar-refractivity contribution in [2.75, 3.05) is 19.6 Å². The van der Waals surface area contributed by atoms with Crippen LogP contribution < -0.4 is 5.73 Å². The highest BCUT2D eigenvalue weighted by atomic mass is 19.1. The van der Waals surface area contributed by atoms with Gasteiger partial charge < -0.3 is 10.6 Å². The van der Waals surface area contributed by atoms with Crippen LogP contribution >= 0.6 is 0 Å². The lowest BCUT2D eigenvalue weighted by Crippen LogP contribution is -2.35. The number of rotatable bonds is 8. The quantitative estimate of drug-likeness (QED) is 0.525. The Morgan fingerprint density at radius 1 is 1.30 bits per heavy atom. The molecule has 3 rings (SSSR count). The molecule has 4 nitrogen and oxygen atoms in total. The number of aromatic nitrogens is 1. The summed E-state index contributed by atoms with van der Waals surface area (Å²) >= 11 is 0. The third-order valence-corrected chi connectivity index (χ3v) is 5.65. The highest BCUT2D eigenvalue weighted by Gasteiger charge is 2.33. The molecule has 0 fully saturated rings. The summed E-state index contributed by atoms with van der Waals surface area (Å²) in [5.41, 5.74) is 10.6. The molecule has 5 heteroatoms. The molecule has 1 aromatic carbocycles. The van der Waals surface area contributed by atoms with Crippen molar-refractivity contribution in [3.63, 3.8) is 0 Å². The zero-order valence-corrected chi connectivity index (χ0v) is 17.4. The predicted octanol–water partition coefficient (Wildman–Crippen LogP) is 4.34. The van der Waals surface area contributed by atoms with Gasteiger partial charge in [-0.25, -0.2) is 4.39 Å². The molecule has 1 amide bonds. The van der Waals surface area contributed by atoms with Crippen molar-refractivity contribution in [1.82, 2.24) is 9.88 Å². The number of hydrogen-bond donors (Lipinski definition) is 1. The van der Waals surface area contributed by atoms with Crippen molar-refractivity contribution < 1.29 is 9.18 Å².